The number of para-hydroxylation sites is 2. The quantitative estimate of drug-likeness (QED) is 0.566. The summed E-state index contributed by atoms with van der Waals surface area (Å²) in [6, 6.07) is 8.67. The zero-order chi connectivity index (χ0) is 21.8. The van der Waals surface area contributed by atoms with Crippen molar-refractivity contribution in [2.24, 2.45) is 14.1 Å². The molecule has 3 aromatic rings. The third-order valence-corrected chi connectivity index (χ3v) is 4.89. The molecule has 0 saturated carbocycles. The maximum atomic E-state index is 13.2. The number of aryl methyl sites for hydroxylation is 2. The summed E-state index contributed by atoms with van der Waals surface area (Å²) >= 11 is 0. The van der Waals surface area contributed by atoms with Gasteiger partial charge in [0.05, 0.1) is 17.7 Å². The first kappa shape index (κ1) is 21.4. The fourth-order valence-electron chi connectivity index (χ4n) is 3.46. The SMILES string of the molecule is CCOc1ccccc1NC(=O)c1cc2c(=O)n(C)c(=O)n(C)c2n1CCCOC. The van der Waals surface area contributed by atoms with Crippen molar-refractivity contribution in [3.63, 3.8) is 0 Å². The number of rotatable bonds is 8. The third-order valence-electron chi connectivity index (χ3n) is 4.89. The molecule has 0 unspecified atom stereocenters. The Labute approximate surface area is 173 Å². The van der Waals surface area contributed by atoms with Crippen LogP contribution >= 0.6 is 0 Å². The molecule has 3 rings (SSSR count). The van der Waals surface area contributed by atoms with Crippen molar-refractivity contribution >= 4 is 22.6 Å². The topological polar surface area (TPSA) is 96.5 Å². The molecule has 160 valence electrons. The number of ether oxygens (including phenoxy) is 2. The van der Waals surface area contributed by atoms with Crippen LogP contribution in [0.1, 0.15) is 23.8 Å². The van der Waals surface area contributed by atoms with Crippen LogP contribution in [0.25, 0.3) is 11.0 Å². The molecule has 9 heteroatoms. The molecule has 2 heterocycles. The molecule has 0 saturated heterocycles. The number of nitrogens with one attached hydrogen (secondary N) is 1. The van der Waals surface area contributed by atoms with Crippen molar-refractivity contribution < 1.29 is 14.3 Å². The first-order valence-electron chi connectivity index (χ1n) is 9.72. The maximum Gasteiger partial charge on any atom is 0.332 e. The van der Waals surface area contributed by atoms with Crippen molar-refractivity contribution in [3.8, 4) is 5.75 Å². The van der Waals surface area contributed by atoms with Crippen LogP contribution in [0.2, 0.25) is 0 Å². The first-order chi connectivity index (χ1) is 14.4. The van der Waals surface area contributed by atoms with E-state index in [-0.39, 0.29) is 5.69 Å². The minimum Gasteiger partial charge on any atom is -0.492 e. The average molecular weight is 414 g/mol. The lowest BCUT2D eigenvalue weighted by atomic mass is 10.2. The van der Waals surface area contributed by atoms with Crippen molar-refractivity contribution in [2.75, 3.05) is 25.6 Å². The molecule has 0 atom stereocenters. The molecule has 1 N–H and O–H groups in total. The lowest BCUT2D eigenvalue weighted by molar-refractivity contribution is 0.101. The number of carbonyl (C=O) groups excluding carboxylic acids is 1. The van der Waals surface area contributed by atoms with E-state index in [0.29, 0.717) is 48.6 Å². The number of hydrogen-bond acceptors (Lipinski definition) is 5. The smallest absolute Gasteiger partial charge is 0.332 e. The van der Waals surface area contributed by atoms with Gasteiger partial charge < -0.3 is 19.4 Å². The Kier molecular flexibility index (Phi) is 6.41. The molecule has 0 aliphatic rings. The fraction of sp³-hybridized carbons (Fsp3) is 0.381. The van der Waals surface area contributed by atoms with Gasteiger partial charge in [0.2, 0.25) is 0 Å². The lowest BCUT2D eigenvalue weighted by Gasteiger charge is -2.14. The van der Waals surface area contributed by atoms with Crippen molar-refractivity contribution in [1.29, 1.82) is 0 Å². The second kappa shape index (κ2) is 9.00. The highest BCUT2D eigenvalue weighted by Gasteiger charge is 2.22. The zero-order valence-electron chi connectivity index (χ0n) is 17.6. The number of fused-ring (bicyclic) bond motifs is 1. The minimum absolute atomic E-state index is 0.283. The molecule has 2 aromatic heterocycles. The molecule has 30 heavy (non-hydrogen) atoms. The van der Waals surface area contributed by atoms with Crippen LogP contribution in [0.4, 0.5) is 5.69 Å². The van der Waals surface area contributed by atoms with Crippen LogP contribution in [-0.4, -0.2) is 39.9 Å². The van der Waals surface area contributed by atoms with E-state index in [4.69, 9.17) is 9.47 Å². The van der Waals surface area contributed by atoms with Gasteiger partial charge in [-0.25, -0.2) is 4.79 Å². The summed E-state index contributed by atoms with van der Waals surface area (Å²) in [5, 5.41) is 3.17. The van der Waals surface area contributed by atoms with Crippen molar-refractivity contribution in [1.82, 2.24) is 13.7 Å². The van der Waals surface area contributed by atoms with Gasteiger partial charge in [-0.2, -0.15) is 0 Å². The Bertz CT molecular complexity index is 1190. The molecular weight excluding hydrogens is 388 g/mol. The molecule has 1 aromatic carbocycles. The predicted octanol–water partition coefficient (Wildman–Crippen LogP) is 1.73. The monoisotopic (exact) mass is 414 g/mol. The number of hydrogen-bond donors (Lipinski definition) is 1. The summed E-state index contributed by atoms with van der Waals surface area (Å²) in [5.74, 6) is 0.156. The summed E-state index contributed by atoms with van der Waals surface area (Å²) in [6.07, 6.45) is 0.611. The Morgan fingerprint density at radius 1 is 1.13 bits per heavy atom. The van der Waals surface area contributed by atoms with Gasteiger partial charge in [0, 0.05) is 34.4 Å². The van der Waals surface area contributed by atoms with Gasteiger partial charge in [0.25, 0.3) is 11.5 Å². The van der Waals surface area contributed by atoms with E-state index in [1.165, 1.54) is 17.7 Å². The van der Waals surface area contributed by atoms with Crippen LogP contribution in [0, 0.1) is 0 Å². The predicted molar refractivity (Wildman–Crippen MR) is 114 cm³/mol. The van der Waals surface area contributed by atoms with Gasteiger partial charge in [0.15, 0.2) is 0 Å². The van der Waals surface area contributed by atoms with Crippen LogP contribution in [0.15, 0.2) is 39.9 Å². The summed E-state index contributed by atoms with van der Waals surface area (Å²) in [4.78, 5) is 38.3. The normalized spacial score (nSPS) is 11.1. The average Bonchev–Trinajstić information content (AvgIpc) is 3.12. The highest BCUT2D eigenvalue weighted by Crippen LogP contribution is 2.25. The number of amides is 1. The lowest BCUT2D eigenvalue weighted by Crippen LogP contribution is -2.37. The van der Waals surface area contributed by atoms with E-state index in [1.807, 2.05) is 13.0 Å². The number of carbonyl (C=O) groups is 1. The zero-order valence-corrected chi connectivity index (χ0v) is 17.6. The highest BCUT2D eigenvalue weighted by molar-refractivity contribution is 6.06. The van der Waals surface area contributed by atoms with Gasteiger partial charge in [-0.05, 0) is 31.5 Å². The van der Waals surface area contributed by atoms with Crippen LogP contribution in [0.5, 0.6) is 5.75 Å². The molecule has 0 aliphatic carbocycles. The van der Waals surface area contributed by atoms with Crippen molar-refractivity contribution in [3.05, 3.63) is 56.9 Å². The van der Waals surface area contributed by atoms with Gasteiger partial charge >= 0.3 is 5.69 Å². The van der Waals surface area contributed by atoms with Crippen LogP contribution in [-0.2, 0) is 25.4 Å². The van der Waals surface area contributed by atoms with E-state index in [1.54, 1.807) is 36.9 Å². The Morgan fingerprint density at radius 3 is 2.57 bits per heavy atom. The van der Waals surface area contributed by atoms with Gasteiger partial charge in [-0.1, -0.05) is 12.1 Å². The Hall–Kier alpha value is -3.33. The summed E-state index contributed by atoms with van der Waals surface area (Å²) < 4.78 is 14.8. The van der Waals surface area contributed by atoms with E-state index in [0.717, 1.165) is 4.57 Å². The van der Waals surface area contributed by atoms with Crippen LogP contribution < -0.4 is 21.3 Å². The molecule has 0 aliphatic heterocycles. The maximum absolute atomic E-state index is 13.2. The molecular formula is C21H26N4O5. The number of benzene rings is 1. The van der Waals surface area contributed by atoms with E-state index in [9.17, 15) is 14.4 Å². The van der Waals surface area contributed by atoms with E-state index >= 15 is 0 Å². The number of nitrogens with zero attached hydrogens (tertiary/aromatic N) is 3. The van der Waals surface area contributed by atoms with Gasteiger partial charge in [-0.15, -0.1) is 0 Å². The molecule has 0 spiro atoms. The number of anilines is 1. The Morgan fingerprint density at radius 2 is 1.87 bits per heavy atom. The minimum atomic E-state index is -0.452. The summed E-state index contributed by atoms with van der Waals surface area (Å²) in [7, 11) is 4.60. The molecule has 1 amide bonds. The number of methoxy groups -OCH3 is 1. The standard InChI is InChI=1S/C21H26N4O5/c1-5-30-17-10-7-6-9-15(17)22-18(26)16-13-14-19(25(16)11-8-12-29-4)23(2)21(28)24(3)20(14)27/h6-7,9-10,13H,5,8,11-12H2,1-4H3,(H,22,26). The van der Waals surface area contributed by atoms with Crippen molar-refractivity contribution in [2.45, 2.75) is 19.9 Å². The van der Waals surface area contributed by atoms with E-state index in [2.05, 4.69) is 5.32 Å². The third kappa shape index (κ3) is 3.88. The van der Waals surface area contributed by atoms with Crippen LogP contribution in [0.3, 0.4) is 0 Å². The summed E-state index contributed by atoms with van der Waals surface area (Å²) in [6.45, 7) is 3.21. The highest BCUT2D eigenvalue weighted by atomic mass is 16.5. The Balaban J connectivity index is 2.12. The first-order valence-corrected chi connectivity index (χ1v) is 9.72. The number of aromatic nitrogens is 3. The van der Waals surface area contributed by atoms with Gasteiger partial charge in [-0.3, -0.25) is 18.7 Å². The largest absolute Gasteiger partial charge is 0.492 e. The second-order valence-corrected chi connectivity index (χ2v) is 6.85. The second-order valence-electron chi connectivity index (χ2n) is 6.85. The molecule has 0 fully saturated rings. The molecule has 0 radical (unpaired) electrons. The van der Waals surface area contributed by atoms with Gasteiger partial charge in [0.1, 0.15) is 17.1 Å². The summed E-state index contributed by atoms with van der Waals surface area (Å²) in [5.41, 5.74) is 0.322. The molecule has 9 nitrogen and oxygen atoms in total. The fourth-order valence-corrected chi connectivity index (χ4v) is 3.46. The van der Waals surface area contributed by atoms with E-state index < -0.39 is 17.2 Å². The molecule has 0 bridgehead atoms.